The Hall–Kier alpha value is -1.30. The van der Waals surface area contributed by atoms with Crippen LogP contribution in [0.2, 0.25) is 0 Å². The number of fused-ring (bicyclic) bond motifs is 2. The summed E-state index contributed by atoms with van der Waals surface area (Å²) in [5.74, 6) is 0.887. The van der Waals surface area contributed by atoms with E-state index >= 15 is 0 Å². The van der Waals surface area contributed by atoms with Crippen molar-refractivity contribution in [3.63, 3.8) is 0 Å². The number of nitrogens with one attached hydrogen (secondary N) is 1. The summed E-state index contributed by atoms with van der Waals surface area (Å²) in [4.78, 5) is 0. The van der Waals surface area contributed by atoms with Gasteiger partial charge < -0.3 is 25.0 Å². The number of piperidine rings is 1. The first-order valence-electron chi connectivity index (χ1n) is 11.6. The predicted octanol–water partition coefficient (Wildman–Crippen LogP) is 3.29. The van der Waals surface area contributed by atoms with Gasteiger partial charge in [0.25, 0.3) is 0 Å². The Labute approximate surface area is 179 Å². The predicted molar refractivity (Wildman–Crippen MR) is 114 cm³/mol. The van der Waals surface area contributed by atoms with Crippen LogP contribution in [0.25, 0.3) is 0 Å². The Kier molecular flexibility index (Phi) is 3.46. The van der Waals surface area contributed by atoms with E-state index in [1.807, 2.05) is 6.92 Å². The van der Waals surface area contributed by atoms with E-state index in [9.17, 15) is 10.2 Å². The minimum atomic E-state index is -0.910. The largest absolute Gasteiger partial charge is 0.504 e. The Bertz CT molecular complexity index is 936. The lowest BCUT2D eigenvalue weighted by Crippen LogP contribution is -2.83. The van der Waals surface area contributed by atoms with Crippen LogP contribution in [0, 0.1) is 16.7 Å². The molecule has 1 aromatic rings. The second kappa shape index (κ2) is 5.36. The van der Waals surface area contributed by atoms with Gasteiger partial charge in [-0.15, -0.1) is 0 Å². The van der Waals surface area contributed by atoms with Crippen molar-refractivity contribution >= 4 is 0 Å². The van der Waals surface area contributed by atoms with Gasteiger partial charge in [-0.25, -0.2) is 0 Å². The number of benzene rings is 1. The topological polar surface area (TPSA) is 71.0 Å². The summed E-state index contributed by atoms with van der Waals surface area (Å²) in [6.07, 6.45) is 4.66. The molecule has 4 fully saturated rings. The third-order valence-electron chi connectivity index (χ3n) is 10.4. The highest BCUT2D eigenvalue weighted by molar-refractivity contribution is 5.63. The van der Waals surface area contributed by atoms with Crippen LogP contribution >= 0.6 is 0 Å². The number of hydrogen-bond donors (Lipinski definition) is 3. The van der Waals surface area contributed by atoms with Crippen molar-refractivity contribution in [3.8, 4) is 11.5 Å². The maximum absolute atomic E-state index is 12.0. The standard InChI is InChI=1S/C25H35NO4/c1-21(2,3)22(4,28)16-13-23-8-9-25(16,29-5)20-24(23)10-11-26-17(23)12-14-6-7-15(27)19(30-20)18(14)24/h6-7,16-17,20,26-28H,8-13H2,1-5H3/t16-,17-,20+,22-,23+,24+,25+/m1/s1. The fourth-order valence-corrected chi connectivity index (χ4v) is 8.53. The van der Waals surface area contributed by atoms with Crippen molar-refractivity contribution in [2.45, 2.75) is 88.6 Å². The minimum absolute atomic E-state index is 0.0160. The lowest BCUT2D eigenvalue weighted by atomic mass is 9.33. The minimum Gasteiger partial charge on any atom is -0.504 e. The molecule has 7 rings (SSSR count). The number of ether oxygens (including phenoxy) is 2. The highest BCUT2D eigenvalue weighted by atomic mass is 16.6. The Balaban J connectivity index is 1.65. The van der Waals surface area contributed by atoms with Gasteiger partial charge in [-0.1, -0.05) is 26.8 Å². The van der Waals surface area contributed by atoms with E-state index in [0.29, 0.717) is 11.8 Å². The van der Waals surface area contributed by atoms with Crippen molar-refractivity contribution in [2.24, 2.45) is 16.7 Å². The van der Waals surface area contributed by atoms with Gasteiger partial charge in [-0.2, -0.15) is 0 Å². The molecule has 5 nitrogen and oxygen atoms in total. The Morgan fingerprint density at radius 1 is 1.17 bits per heavy atom. The van der Waals surface area contributed by atoms with E-state index in [-0.39, 0.29) is 34.0 Å². The van der Waals surface area contributed by atoms with E-state index < -0.39 is 11.2 Å². The summed E-state index contributed by atoms with van der Waals surface area (Å²) >= 11 is 0. The summed E-state index contributed by atoms with van der Waals surface area (Å²) in [6.45, 7) is 9.33. The number of hydrogen-bond acceptors (Lipinski definition) is 5. The molecule has 2 aliphatic heterocycles. The number of rotatable bonds is 2. The van der Waals surface area contributed by atoms with E-state index in [1.54, 1.807) is 13.2 Å². The van der Waals surface area contributed by atoms with Crippen molar-refractivity contribution < 1.29 is 19.7 Å². The first kappa shape index (κ1) is 19.4. The molecule has 4 aliphatic carbocycles. The van der Waals surface area contributed by atoms with Crippen LogP contribution in [0.5, 0.6) is 11.5 Å². The van der Waals surface area contributed by atoms with Gasteiger partial charge in [-0.05, 0) is 62.6 Å². The molecule has 2 spiro atoms. The maximum atomic E-state index is 12.0. The zero-order valence-electron chi connectivity index (χ0n) is 18.8. The average Bonchev–Trinajstić information content (AvgIpc) is 3.05. The van der Waals surface area contributed by atoms with Gasteiger partial charge in [-0.3, -0.25) is 0 Å². The third-order valence-corrected chi connectivity index (χ3v) is 10.4. The lowest BCUT2D eigenvalue weighted by Gasteiger charge is -2.74. The quantitative estimate of drug-likeness (QED) is 0.694. The molecule has 1 saturated heterocycles. The van der Waals surface area contributed by atoms with E-state index in [4.69, 9.17) is 9.47 Å². The smallest absolute Gasteiger partial charge is 0.165 e. The van der Waals surface area contributed by atoms with E-state index in [2.05, 4.69) is 32.2 Å². The summed E-state index contributed by atoms with van der Waals surface area (Å²) in [6, 6.07) is 4.26. The number of methoxy groups -OCH3 is 1. The van der Waals surface area contributed by atoms with Crippen LogP contribution in [-0.2, 0) is 16.6 Å². The third kappa shape index (κ3) is 1.77. The molecule has 0 aromatic heterocycles. The molecule has 2 heterocycles. The summed E-state index contributed by atoms with van der Waals surface area (Å²) < 4.78 is 13.2. The molecule has 0 unspecified atom stereocenters. The van der Waals surface area contributed by atoms with Gasteiger partial charge in [0.1, 0.15) is 11.7 Å². The van der Waals surface area contributed by atoms with Crippen LogP contribution in [0.3, 0.4) is 0 Å². The number of phenols is 1. The lowest BCUT2D eigenvalue weighted by molar-refractivity contribution is -0.303. The SMILES string of the molecule is CO[C@@]12CC[C@]3(C[C@@H]1[C@@](C)(O)C(C)(C)C)[C@H]1Cc4ccc(O)c5c4[C@@]3(CCN1)[C@@H]2O5. The first-order chi connectivity index (χ1) is 14.1. The Morgan fingerprint density at radius 3 is 2.63 bits per heavy atom. The van der Waals surface area contributed by atoms with Crippen molar-refractivity contribution in [2.75, 3.05) is 13.7 Å². The molecule has 30 heavy (non-hydrogen) atoms. The zero-order valence-corrected chi connectivity index (χ0v) is 18.8. The fourth-order valence-electron chi connectivity index (χ4n) is 8.53. The van der Waals surface area contributed by atoms with Crippen LogP contribution in [0.4, 0.5) is 0 Å². The van der Waals surface area contributed by atoms with Gasteiger partial charge in [0, 0.05) is 35.5 Å². The molecule has 1 aromatic carbocycles. The number of aliphatic hydroxyl groups is 1. The van der Waals surface area contributed by atoms with Gasteiger partial charge >= 0.3 is 0 Å². The zero-order chi connectivity index (χ0) is 21.3. The van der Waals surface area contributed by atoms with Crippen LogP contribution in [0.1, 0.15) is 64.5 Å². The first-order valence-corrected chi connectivity index (χ1v) is 11.6. The Morgan fingerprint density at radius 2 is 1.93 bits per heavy atom. The molecule has 7 atom stereocenters. The maximum Gasteiger partial charge on any atom is 0.165 e. The van der Waals surface area contributed by atoms with Crippen molar-refractivity contribution in [1.29, 1.82) is 0 Å². The summed E-state index contributed by atoms with van der Waals surface area (Å²) in [7, 11) is 1.80. The van der Waals surface area contributed by atoms with Crippen molar-refractivity contribution in [3.05, 3.63) is 23.3 Å². The molecular weight excluding hydrogens is 378 g/mol. The van der Waals surface area contributed by atoms with E-state index in [0.717, 1.165) is 38.6 Å². The molecule has 3 saturated carbocycles. The molecule has 164 valence electrons. The highest BCUT2D eigenvalue weighted by Crippen LogP contribution is 2.77. The monoisotopic (exact) mass is 413 g/mol. The molecule has 5 heteroatoms. The second-order valence-corrected chi connectivity index (χ2v) is 11.8. The van der Waals surface area contributed by atoms with Crippen LogP contribution in [0.15, 0.2) is 12.1 Å². The fraction of sp³-hybridized carbons (Fsp3) is 0.760. The van der Waals surface area contributed by atoms with Crippen LogP contribution in [-0.4, -0.2) is 47.2 Å². The van der Waals surface area contributed by atoms with Gasteiger partial charge in [0.05, 0.1) is 5.60 Å². The molecule has 0 radical (unpaired) electrons. The normalized spacial score (nSPS) is 44.9. The molecule has 4 bridgehead atoms. The highest BCUT2D eigenvalue weighted by Gasteiger charge is 2.81. The summed E-state index contributed by atoms with van der Waals surface area (Å²) in [5.41, 5.74) is 0.658. The molecular formula is C25H35NO4. The van der Waals surface area contributed by atoms with Crippen molar-refractivity contribution in [1.82, 2.24) is 5.32 Å². The summed E-state index contributed by atoms with van der Waals surface area (Å²) in [5, 5.41) is 26.6. The van der Waals surface area contributed by atoms with Crippen LogP contribution < -0.4 is 10.1 Å². The number of aromatic hydroxyl groups is 1. The average molecular weight is 414 g/mol. The van der Waals surface area contributed by atoms with Gasteiger partial charge in [0.15, 0.2) is 11.5 Å². The second-order valence-electron chi connectivity index (χ2n) is 11.8. The van der Waals surface area contributed by atoms with Gasteiger partial charge in [0.2, 0.25) is 0 Å². The molecule has 6 aliphatic rings. The molecule has 0 amide bonds. The molecule has 3 N–H and O–H groups in total. The van der Waals surface area contributed by atoms with E-state index in [1.165, 1.54) is 11.1 Å². The number of phenolic OH excluding ortho intramolecular Hbond substituents is 1.